The lowest BCUT2D eigenvalue weighted by Crippen LogP contribution is -2.67. The summed E-state index contributed by atoms with van der Waals surface area (Å²) in [6.45, 7) is 5.87. The van der Waals surface area contributed by atoms with E-state index in [1.165, 1.54) is 41.9 Å². The second kappa shape index (κ2) is 17.4. The molecule has 274 valence electrons. The Morgan fingerprint density at radius 3 is 1.94 bits per heavy atom. The maximum atomic E-state index is 12.8. The number of aliphatic hydroxyl groups excluding tert-OH is 6. The van der Waals surface area contributed by atoms with Crippen LogP contribution in [0.2, 0.25) is 0 Å². The van der Waals surface area contributed by atoms with Crippen LogP contribution in [0.5, 0.6) is 0 Å². The van der Waals surface area contributed by atoms with Gasteiger partial charge in [0.05, 0.1) is 43.5 Å². The van der Waals surface area contributed by atoms with E-state index in [1.54, 1.807) is 0 Å². The molecular weight excluding hydrogens is 630 g/mol. The Balaban J connectivity index is 1.79. The fourth-order valence-corrected chi connectivity index (χ4v) is 5.98. The molecule has 47 heavy (non-hydrogen) atoms. The van der Waals surface area contributed by atoms with Gasteiger partial charge in [0.2, 0.25) is 5.91 Å². The zero-order chi connectivity index (χ0) is 35.2. The Bertz CT molecular complexity index is 983. The molecule has 0 saturated carbocycles. The number of amides is 1. The number of hydrogen-bond donors (Lipinski definition) is 8. The van der Waals surface area contributed by atoms with Crippen LogP contribution in [0, 0.1) is 0 Å². The number of hydrogen-bond acceptors (Lipinski definition) is 16. The van der Waals surface area contributed by atoms with Crippen molar-refractivity contribution < 1.29 is 78.5 Å². The maximum Gasteiger partial charge on any atom is 0.305 e. The van der Waals surface area contributed by atoms with Crippen molar-refractivity contribution in [2.24, 2.45) is 0 Å². The monoisotopic (exact) mass is 683 g/mol. The normalized spacial score (nSPS) is 41.3. The summed E-state index contributed by atoms with van der Waals surface area (Å²) in [7, 11) is 2.58. The maximum absolute atomic E-state index is 12.8. The molecule has 0 radical (unpaired) electrons. The molecule has 3 aliphatic rings. The molecule has 0 aromatic rings. The molecule has 1 unspecified atom stereocenters. The Hall–Kier alpha value is -1.58. The summed E-state index contributed by atoms with van der Waals surface area (Å²) in [5.74, 6) is -0.893. The Morgan fingerprint density at radius 2 is 1.34 bits per heavy atom. The molecule has 0 aliphatic carbocycles. The molecule has 0 aromatic heterocycles. The number of esters is 1. The number of unbranched alkanes of at least 4 members (excludes halogenated alkanes) is 2. The van der Waals surface area contributed by atoms with Crippen LogP contribution in [0.25, 0.3) is 0 Å². The van der Waals surface area contributed by atoms with Gasteiger partial charge in [0.1, 0.15) is 48.8 Å². The lowest BCUT2D eigenvalue weighted by molar-refractivity contribution is -0.372. The molecule has 15 atom stereocenters. The molecule has 3 saturated heterocycles. The Kier molecular flexibility index (Phi) is 14.7. The fraction of sp³-hybridized carbons (Fsp3) is 0.933. The van der Waals surface area contributed by atoms with Crippen molar-refractivity contribution in [2.45, 2.75) is 164 Å². The molecule has 3 fully saturated rings. The number of methoxy groups -OCH3 is 2. The standard InChI is InChI=1S/C30H53NO16/c1-13-19(34)24(22(37)27(39)43-13)46-28-23(38)25(20(35)14(2)44-28)47-29-26(42-6)21(36)18(31-16(32)12-30(3,4)40)15(45-29)10-8-7-9-11-17(33)41-5/h13-15,18-29,34-40H,7-12H2,1-6H3,(H,31,32)/t13-,14-,15?,18+,19-,20-,21-,22+,23+,24+,25+,26+,27-,28+,29+/m0/s1. The van der Waals surface area contributed by atoms with E-state index in [0.29, 0.717) is 25.7 Å². The molecule has 8 N–H and O–H groups in total. The molecule has 0 spiro atoms. The first-order chi connectivity index (χ1) is 22.0. The van der Waals surface area contributed by atoms with Gasteiger partial charge in [0, 0.05) is 13.5 Å². The van der Waals surface area contributed by atoms with Crippen LogP contribution in [-0.4, -0.2) is 159 Å². The second-order valence-electron chi connectivity index (χ2n) is 13.1. The van der Waals surface area contributed by atoms with E-state index in [-0.39, 0.29) is 18.8 Å². The average Bonchev–Trinajstić information content (AvgIpc) is 2.99. The lowest BCUT2D eigenvalue weighted by Gasteiger charge is -2.49. The molecule has 17 heteroatoms. The summed E-state index contributed by atoms with van der Waals surface area (Å²) in [6.07, 6.45) is -17.3. The van der Waals surface area contributed by atoms with Crippen molar-refractivity contribution >= 4 is 11.9 Å². The van der Waals surface area contributed by atoms with Crippen LogP contribution in [0.4, 0.5) is 0 Å². The number of aliphatic hydroxyl groups is 7. The topological polar surface area (TPSA) is 252 Å². The highest BCUT2D eigenvalue weighted by atomic mass is 16.7. The third kappa shape index (κ3) is 10.5. The predicted octanol–water partition coefficient (Wildman–Crippen LogP) is -2.45. The van der Waals surface area contributed by atoms with Crippen molar-refractivity contribution in [3.63, 3.8) is 0 Å². The quantitative estimate of drug-likeness (QED) is 0.0699. The predicted molar refractivity (Wildman–Crippen MR) is 158 cm³/mol. The minimum atomic E-state index is -1.73. The van der Waals surface area contributed by atoms with Gasteiger partial charge < -0.3 is 74.2 Å². The third-order valence-corrected chi connectivity index (χ3v) is 8.64. The van der Waals surface area contributed by atoms with E-state index in [4.69, 9.17) is 28.4 Å². The van der Waals surface area contributed by atoms with Crippen LogP contribution in [-0.2, 0) is 42.7 Å². The van der Waals surface area contributed by atoms with Gasteiger partial charge in [-0.05, 0) is 40.5 Å². The minimum absolute atomic E-state index is 0.217. The largest absolute Gasteiger partial charge is 0.469 e. The van der Waals surface area contributed by atoms with E-state index < -0.39 is 104 Å². The summed E-state index contributed by atoms with van der Waals surface area (Å²) in [4.78, 5) is 24.3. The molecule has 3 heterocycles. The van der Waals surface area contributed by atoms with Gasteiger partial charge in [0.15, 0.2) is 18.9 Å². The molecule has 1 amide bonds. The number of ether oxygens (including phenoxy) is 7. The highest BCUT2D eigenvalue weighted by molar-refractivity contribution is 5.77. The summed E-state index contributed by atoms with van der Waals surface area (Å²) in [5, 5.41) is 77.5. The SMILES string of the molecule is COC(=O)CCCCCC1O[C@H](O[C@@H]2[C@@H](O)[C@H](C)O[C@H](O[C@@H]3[C@@H](O)[C@H](C)O[C@H](O)[C@@H]3O)[C@@H]2O)[C@H](OC)[C@@H](O)[C@@H]1NC(=O)CC(C)(C)O. The van der Waals surface area contributed by atoms with Crippen molar-refractivity contribution in [3.8, 4) is 0 Å². The van der Waals surface area contributed by atoms with Crippen LogP contribution in [0.3, 0.4) is 0 Å². The van der Waals surface area contributed by atoms with Gasteiger partial charge in [-0.3, -0.25) is 9.59 Å². The first-order valence-electron chi connectivity index (χ1n) is 16.0. The zero-order valence-electron chi connectivity index (χ0n) is 27.7. The molecule has 17 nitrogen and oxygen atoms in total. The van der Waals surface area contributed by atoms with E-state index in [0.717, 1.165) is 0 Å². The van der Waals surface area contributed by atoms with E-state index in [1.807, 2.05) is 0 Å². The van der Waals surface area contributed by atoms with Gasteiger partial charge in [-0.1, -0.05) is 12.8 Å². The molecule has 0 bridgehead atoms. The van der Waals surface area contributed by atoms with Gasteiger partial charge in [0.25, 0.3) is 0 Å². The summed E-state index contributed by atoms with van der Waals surface area (Å²) < 4.78 is 38.9. The summed E-state index contributed by atoms with van der Waals surface area (Å²) in [5.41, 5.74) is -1.32. The summed E-state index contributed by atoms with van der Waals surface area (Å²) >= 11 is 0. The van der Waals surface area contributed by atoms with Gasteiger partial charge in [-0.15, -0.1) is 0 Å². The minimum Gasteiger partial charge on any atom is -0.469 e. The molecule has 3 aliphatic heterocycles. The van der Waals surface area contributed by atoms with E-state index in [9.17, 15) is 45.3 Å². The smallest absolute Gasteiger partial charge is 0.305 e. The number of nitrogens with one attached hydrogen (secondary N) is 1. The number of carbonyl (C=O) groups excluding carboxylic acids is 2. The first-order valence-corrected chi connectivity index (χ1v) is 16.0. The van der Waals surface area contributed by atoms with E-state index >= 15 is 0 Å². The molecule has 0 aromatic carbocycles. The Morgan fingerprint density at radius 1 is 0.745 bits per heavy atom. The second-order valence-corrected chi connectivity index (χ2v) is 13.1. The third-order valence-electron chi connectivity index (χ3n) is 8.64. The highest BCUT2D eigenvalue weighted by Gasteiger charge is 2.53. The first kappa shape index (κ1) is 39.9. The van der Waals surface area contributed by atoms with Crippen LogP contribution in [0.15, 0.2) is 0 Å². The van der Waals surface area contributed by atoms with Gasteiger partial charge >= 0.3 is 5.97 Å². The Labute approximate surface area is 274 Å². The summed E-state index contributed by atoms with van der Waals surface area (Å²) in [6, 6.07) is -1.00. The zero-order valence-corrected chi connectivity index (χ0v) is 27.7. The van der Waals surface area contributed by atoms with Crippen LogP contribution >= 0.6 is 0 Å². The fourth-order valence-electron chi connectivity index (χ4n) is 5.98. The van der Waals surface area contributed by atoms with Gasteiger partial charge in [-0.25, -0.2) is 0 Å². The molecule has 3 rings (SSSR count). The number of rotatable bonds is 14. The van der Waals surface area contributed by atoms with Crippen molar-refractivity contribution in [1.82, 2.24) is 5.32 Å². The van der Waals surface area contributed by atoms with E-state index in [2.05, 4.69) is 10.1 Å². The van der Waals surface area contributed by atoms with Crippen LogP contribution < -0.4 is 5.32 Å². The lowest BCUT2D eigenvalue weighted by atomic mass is 9.91. The average molecular weight is 684 g/mol. The number of carbonyl (C=O) groups is 2. The molecular formula is C30H53NO16. The highest BCUT2D eigenvalue weighted by Crippen LogP contribution is 2.34. The van der Waals surface area contributed by atoms with Crippen molar-refractivity contribution in [3.05, 3.63) is 0 Å². The van der Waals surface area contributed by atoms with Crippen molar-refractivity contribution in [2.75, 3.05) is 14.2 Å². The van der Waals surface area contributed by atoms with Gasteiger partial charge in [-0.2, -0.15) is 0 Å². The van der Waals surface area contributed by atoms with Crippen molar-refractivity contribution in [1.29, 1.82) is 0 Å². The van der Waals surface area contributed by atoms with Crippen LogP contribution in [0.1, 0.15) is 66.2 Å².